The molecular formula is C21H34IN5O. The van der Waals surface area contributed by atoms with Crippen molar-refractivity contribution >= 4 is 35.8 Å². The van der Waals surface area contributed by atoms with Gasteiger partial charge in [-0.15, -0.1) is 24.0 Å². The normalized spacial score (nSPS) is 24.9. The van der Waals surface area contributed by atoms with Crippen molar-refractivity contribution in [2.75, 3.05) is 19.6 Å². The van der Waals surface area contributed by atoms with Crippen LogP contribution in [-0.4, -0.2) is 42.4 Å². The SMILES string of the molecule is CCNC(=NCc1cccc(CN2CCCC(C(N)=O)C2)c1)NC1CC1C.I. The van der Waals surface area contributed by atoms with Crippen molar-refractivity contribution in [1.82, 2.24) is 15.5 Å². The summed E-state index contributed by atoms with van der Waals surface area (Å²) in [4.78, 5) is 18.6. The van der Waals surface area contributed by atoms with E-state index in [2.05, 4.69) is 53.6 Å². The van der Waals surface area contributed by atoms with Crippen LogP contribution in [0.1, 0.15) is 44.2 Å². The Hall–Kier alpha value is -1.35. The second-order valence-corrected chi connectivity index (χ2v) is 7.96. The van der Waals surface area contributed by atoms with Gasteiger partial charge in [-0.2, -0.15) is 0 Å². The first kappa shape index (κ1) is 22.9. The predicted molar refractivity (Wildman–Crippen MR) is 125 cm³/mol. The summed E-state index contributed by atoms with van der Waals surface area (Å²) in [5.41, 5.74) is 7.97. The van der Waals surface area contributed by atoms with E-state index in [9.17, 15) is 4.79 Å². The van der Waals surface area contributed by atoms with Crippen LogP contribution in [0.2, 0.25) is 0 Å². The Kier molecular flexibility index (Phi) is 9.01. The van der Waals surface area contributed by atoms with Gasteiger partial charge >= 0.3 is 0 Å². The van der Waals surface area contributed by atoms with E-state index in [1.807, 2.05) is 0 Å². The lowest BCUT2D eigenvalue weighted by Crippen LogP contribution is -2.40. The first-order valence-electron chi connectivity index (χ1n) is 10.2. The molecule has 1 amide bonds. The van der Waals surface area contributed by atoms with Gasteiger partial charge in [-0.3, -0.25) is 9.69 Å². The number of amides is 1. The summed E-state index contributed by atoms with van der Waals surface area (Å²) in [5.74, 6) is 1.46. The van der Waals surface area contributed by atoms with Gasteiger partial charge < -0.3 is 16.4 Å². The summed E-state index contributed by atoms with van der Waals surface area (Å²) in [6, 6.07) is 9.15. The average Bonchev–Trinajstić information content (AvgIpc) is 3.35. The molecule has 2 aliphatic rings. The maximum atomic E-state index is 11.5. The maximum Gasteiger partial charge on any atom is 0.221 e. The molecule has 156 valence electrons. The molecule has 3 unspecified atom stereocenters. The fourth-order valence-corrected chi connectivity index (χ4v) is 3.71. The first-order chi connectivity index (χ1) is 13.0. The average molecular weight is 499 g/mol. The highest BCUT2D eigenvalue weighted by Gasteiger charge is 2.33. The zero-order chi connectivity index (χ0) is 19.2. The van der Waals surface area contributed by atoms with Gasteiger partial charge in [0.2, 0.25) is 5.91 Å². The number of guanidine groups is 1. The Morgan fingerprint density at radius 1 is 1.36 bits per heavy atom. The van der Waals surface area contributed by atoms with Crippen LogP contribution in [0.3, 0.4) is 0 Å². The summed E-state index contributed by atoms with van der Waals surface area (Å²) in [6.45, 7) is 8.53. The summed E-state index contributed by atoms with van der Waals surface area (Å²) in [6.07, 6.45) is 3.18. The number of aliphatic imine (C=N–C) groups is 1. The number of carbonyl (C=O) groups excluding carboxylic acids is 1. The number of rotatable bonds is 7. The summed E-state index contributed by atoms with van der Waals surface area (Å²) in [5, 5.41) is 6.82. The molecule has 1 saturated carbocycles. The highest BCUT2D eigenvalue weighted by molar-refractivity contribution is 14.0. The molecule has 0 bridgehead atoms. The minimum absolute atomic E-state index is 0. The molecule has 0 aromatic heterocycles. The Morgan fingerprint density at radius 3 is 2.79 bits per heavy atom. The molecule has 4 N–H and O–H groups in total. The number of halogens is 1. The molecule has 28 heavy (non-hydrogen) atoms. The molecule has 6 nitrogen and oxygen atoms in total. The van der Waals surface area contributed by atoms with E-state index in [0.29, 0.717) is 12.6 Å². The van der Waals surface area contributed by atoms with Gasteiger partial charge in [0, 0.05) is 25.7 Å². The number of primary amides is 1. The number of nitrogens with zero attached hydrogens (tertiary/aromatic N) is 2. The molecular weight excluding hydrogens is 465 g/mol. The Morgan fingerprint density at radius 2 is 2.11 bits per heavy atom. The quantitative estimate of drug-likeness (QED) is 0.306. The highest BCUT2D eigenvalue weighted by Crippen LogP contribution is 2.28. The molecule has 0 radical (unpaired) electrons. The Bertz CT molecular complexity index is 681. The van der Waals surface area contributed by atoms with Crippen molar-refractivity contribution in [2.45, 2.75) is 52.2 Å². The van der Waals surface area contributed by atoms with Gasteiger partial charge in [0.05, 0.1) is 12.5 Å². The van der Waals surface area contributed by atoms with Crippen molar-refractivity contribution in [1.29, 1.82) is 0 Å². The third kappa shape index (κ3) is 6.92. The Labute approximate surface area is 185 Å². The van der Waals surface area contributed by atoms with Crippen LogP contribution in [0.15, 0.2) is 29.3 Å². The molecule has 7 heteroatoms. The van der Waals surface area contributed by atoms with Gasteiger partial charge in [-0.1, -0.05) is 31.2 Å². The topological polar surface area (TPSA) is 82.8 Å². The lowest BCUT2D eigenvalue weighted by molar-refractivity contribution is -0.123. The molecule has 1 heterocycles. The summed E-state index contributed by atoms with van der Waals surface area (Å²) < 4.78 is 0. The number of nitrogens with one attached hydrogen (secondary N) is 2. The van der Waals surface area contributed by atoms with E-state index in [1.165, 1.54) is 17.5 Å². The predicted octanol–water partition coefficient (Wildman–Crippen LogP) is 2.47. The van der Waals surface area contributed by atoms with Crippen LogP contribution in [-0.2, 0) is 17.9 Å². The van der Waals surface area contributed by atoms with Crippen molar-refractivity contribution in [2.24, 2.45) is 22.6 Å². The molecule has 1 aliphatic carbocycles. The van der Waals surface area contributed by atoms with Gasteiger partial charge in [0.25, 0.3) is 0 Å². The zero-order valence-corrected chi connectivity index (χ0v) is 19.3. The molecule has 1 aliphatic heterocycles. The standard InChI is InChI=1S/C21H33N5O.HI/c1-3-23-21(25-19-10-15(19)2)24-12-16-6-4-7-17(11-16)13-26-9-5-8-18(14-26)20(22)27;/h4,6-7,11,15,18-19H,3,5,8-10,12-14H2,1-2H3,(H2,22,27)(H2,23,24,25);1H. The number of carbonyl (C=O) groups is 1. The van der Waals surface area contributed by atoms with E-state index >= 15 is 0 Å². The van der Waals surface area contributed by atoms with Gasteiger partial charge in [-0.25, -0.2) is 4.99 Å². The minimum atomic E-state index is -0.170. The third-order valence-electron chi connectivity index (χ3n) is 5.50. The number of piperidine rings is 1. The highest BCUT2D eigenvalue weighted by atomic mass is 127. The smallest absolute Gasteiger partial charge is 0.221 e. The first-order valence-corrected chi connectivity index (χ1v) is 10.2. The molecule has 0 spiro atoms. The van der Waals surface area contributed by atoms with Crippen molar-refractivity contribution in [3.63, 3.8) is 0 Å². The number of hydrogen-bond acceptors (Lipinski definition) is 3. The number of benzene rings is 1. The van der Waals surface area contributed by atoms with E-state index < -0.39 is 0 Å². The number of likely N-dealkylation sites (tertiary alicyclic amines) is 1. The zero-order valence-electron chi connectivity index (χ0n) is 17.0. The largest absolute Gasteiger partial charge is 0.369 e. The van der Waals surface area contributed by atoms with Gasteiger partial charge in [0.15, 0.2) is 5.96 Å². The molecule has 1 aromatic carbocycles. The van der Waals surface area contributed by atoms with Crippen LogP contribution in [0.5, 0.6) is 0 Å². The molecule has 3 rings (SSSR count). The van der Waals surface area contributed by atoms with E-state index in [-0.39, 0.29) is 35.8 Å². The lowest BCUT2D eigenvalue weighted by atomic mass is 9.97. The van der Waals surface area contributed by atoms with Crippen molar-refractivity contribution in [3.05, 3.63) is 35.4 Å². The van der Waals surface area contributed by atoms with Crippen LogP contribution >= 0.6 is 24.0 Å². The number of hydrogen-bond donors (Lipinski definition) is 3. The Balaban J connectivity index is 0.00000280. The van der Waals surface area contributed by atoms with Crippen molar-refractivity contribution < 1.29 is 4.79 Å². The van der Waals surface area contributed by atoms with E-state index in [1.54, 1.807) is 0 Å². The molecule has 2 fully saturated rings. The lowest BCUT2D eigenvalue weighted by Gasteiger charge is -2.31. The van der Waals surface area contributed by atoms with Gasteiger partial charge in [0.1, 0.15) is 0 Å². The van der Waals surface area contributed by atoms with Crippen LogP contribution in [0.4, 0.5) is 0 Å². The van der Waals surface area contributed by atoms with Gasteiger partial charge in [-0.05, 0) is 49.8 Å². The minimum Gasteiger partial charge on any atom is -0.369 e. The fourth-order valence-electron chi connectivity index (χ4n) is 3.71. The summed E-state index contributed by atoms with van der Waals surface area (Å²) >= 11 is 0. The van der Waals surface area contributed by atoms with E-state index in [4.69, 9.17) is 10.7 Å². The molecule has 1 aromatic rings. The van der Waals surface area contributed by atoms with E-state index in [0.717, 1.165) is 50.9 Å². The molecule has 3 atom stereocenters. The number of nitrogens with two attached hydrogens (primary N) is 1. The van der Waals surface area contributed by atoms with Crippen LogP contribution in [0, 0.1) is 11.8 Å². The second kappa shape index (κ2) is 11.0. The van der Waals surface area contributed by atoms with Crippen LogP contribution in [0.25, 0.3) is 0 Å². The summed E-state index contributed by atoms with van der Waals surface area (Å²) in [7, 11) is 0. The monoisotopic (exact) mass is 499 g/mol. The van der Waals surface area contributed by atoms with Crippen molar-refractivity contribution in [3.8, 4) is 0 Å². The second-order valence-electron chi connectivity index (χ2n) is 7.96. The fraction of sp³-hybridized carbons (Fsp3) is 0.619. The third-order valence-corrected chi connectivity index (χ3v) is 5.50. The molecule has 1 saturated heterocycles. The maximum absolute atomic E-state index is 11.5. The van der Waals surface area contributed by atoms with Crippen LogP contribution < -0.4 is 16.4 Å².